The van der Waals surface area contributed by atoms with Crippen molar-refractivity contribution in [2.24, 2.45) is 0 Å². The van der Waals surface area contributed by atoms with Gasteiger partial charge in [0.2, 0.25) is 0 Å². The first-order valence-electron chi connectivity index (χ1n) is 5.81. The fourth-order valence-electron chi connectivity index (χ4n) is 1.85. The van der Waals surface area contributed by atoms with Crippen LogP contribution in [0.3, 0.4) is 0 Å². The number of hydrogen-bond donors (Lipinski definition) is 0. The van der Waals surface area contributed by atoms with Crippen LogP contribution in [0.1, 0.15) is 24.4 Å². The molecule has 0 saturated heterocycles. The fourth-order valence-corrected chi connectivity index (χ4v) is 2.08. The maximum absolute atomic E-state index is 11.2. The van der Waals surface area contributed by atoms with Gasteiger partial charge in [-0.15, -0.1) is 0 Å². The molecule has 2 aromatic rings. The van der Waals surface area contributed by atoms with Gasteiger partial charge < -0.3 is 9.36 Å². The number of carbonyl (C=O) groups excluding carboxylic acids is 1. The lowest BCUT2D eigenvalue weighted by Gasteiger charge is -2.12. The molecule has 2 heterocycles. The molecule has 2 rings (SSSR count). The highest BCUT2D eigenvalue weighted by Gasteiger charge is 2.14. The second-order valence-electron chi connectivity index (χ2n) is 3.99. The summed E-state index contributed by atoms with van der Waals surface area (Å²) in [5.74, 6) is 0.747. The Bertz CT molecular complexity index is 521. The van der Waals surface area contributed by atoms with Crippen molar-refractivity contribution in [1.82, 2.24) is 14.5 Å². The van der Waals surface area contributed by atoms with E-state index in [1.54, 1.807) is 12.4 Å². The fraction of sp³-hybridized carbons (Fsp3) is 0.308. The van der Waals surface area contributed by atoms with Crippen molar-refractivity contribution in [3.8, 4) is 0 Å². The van der Waals surface area contributed by atoms with Gasteiger partial charge in [0.1, 0.15) is 12.1 Å². The second kappa shape index (κ2) is 5.91. The Kier molecular flexibility index (Phi) is 4.25. The number of rotatable bonds is 5. The van der Waals surface area contributed by atoms with E-state index in [0.29, 0.717) is 6.54 Å². The minimum Gasteiger partial charge on any atom is -0.334 e. The number of imidazole rings is 1. The Morgan fingerprint density at radius 1 is 1.44 bits per heavy atom. The Balaban J connectivity index is 2.19. The third-order valence-electron chi connectivity index (χ3n) is 2.81. The SMILES string of the molecule is CCc1nccn1CC(C=O)c1ccc(Br)cn1. The van der Waals surface area contributed by atoms with E-state index in [1.807, 2.05) is 29.8 Å². The average molecular weight is 308 g/mol. The Hall–Kier alpha value is -1.49. The molecule has 94 valence electrons. The smallest absolute Gasteiger partial charge is 0.130 e. The van der Waals surface area contributed by atoms with E-state index in [0.717, 1.165) is 28.7 Å². The molecule has 4 nitrogen and oxygen atoms in total. The first-order valence-corrected chi connectivity index (χ1v) is 6.60. The van der Waals surface area contributed by atoms with E-state index in [9.17, 15) is 4.79 Å². The van der Waals surface area contributed by atoms with E-state index in [-0.39, 0.29) is 5.92 Å². The lowest BCUT2D eigenvalue weighted by atomic mass is 10.1. The van der Waals surface area contributed by atoms with E-state index in [1.165, 1.54) is 0 Å². The zero-order valence-corrected chi connectivity index (χ0v) is 11.7. The predicted octanol–water partition coefficient (Wildman–Crippen LogP) is 2.59. The number of carbonyl (C=O) groups is 1. The molecule has 0 fully saturated rings. The molecule has 0 aliphatic carbocycles. The number of hydrogen-bond acceptors (Lipinski definition) is 3. The highest BCUT2D eigenvalue weighted by Crippen LogP contribution is 2.17. The van der Waals surface area contributed by atoms with Crippen molar-refractivity contribution in [2.75, 3.05) is 0 Å². The number of aryl methyl sites for hydroxylation is 1. The molecule has 0 saturated carbocycles. The van der Waals surface area contributed by atoms with Gasteiger partial charge in [0.25, 0.3) is 0 Å². The Morgan fingerprint density at radius 2 is 2.28 bits per heavy atom. The summed E-state index contributed by atoms with van der Waals surface area (Å²) in [7, 11) is 0. The van der Waals surface area contributed by atoms with Gasteiger partial charge in [-0.25, -0.2) is 4.98 Å². The van der Waals surface area contributed by atoms with Gasteiger partial charge in [-0.05, 0) is 28.1 Å². The van der Waals surface area contributed by atoms with Crippen molar-refractivity contribution in [1.29, 1.82) is 0 Å². The highest BCUT2D eigenvalue weighted by molar-refractivity contribution is 9.10. The van der Waals surface area contributed by atoms with Crippen molar-refractivity contribution in [2.45, 2.75) is 25.8 Å². The normalized spacial score (nSPS) is 12.3. The van der Waals surface area contributed by atoms with Crippen LogP contribution in [-0.4, -0.2) is 20.8 Å². The number of nitrogens with zero attached hydrogens (tertiary/aromatic N) is 3. The van der Waals surface area contributed by atoms with E-state index in [2.05, 4.69) is 25.9 Å². The standard InChI is InChI=1S/C13H14BrN3O/c1-2-13-15-5-6-17(13)8-10(9-18)12-4-3-11(14)7-16-12/h3-7,9-10H,2,8H2,1H3. The van der Waals surface area contributed by atoms with Crippen LogP contribution in [0.5, 0.6) is 0 Å². The third-order valence-corrected chi connectivity index (χ3v) is 3.27. The van der Waals surface area contributed by atoms with Crippen LogP contribution in [0.2, 0.25) is 0 Å². The predicted molar refractivity (Wildman–Crippen MR) is 72.3 cm³/mol. The molecule has 2 aromatic heterocycles. The summed E-state index contributed by atoms with van der Waals surface area (Å²) >= 11 is 3.33. The summed E-state index contributed by atoms with van der Waals surface area (Å²) in [6.07, 6.45) is 7.16. The largest absolute Gasteiger partial charge is 0.334 e. The van der Waals surface area contributed by atoms with Crippen LogP contribution in [-0.2, 0) is 17.8 Å². The molecule has 0 spiro atoms. The van der Waals surface area contributed by atoms with E-state index in [4.69, 9.17) is 0 Å². The van der Waals surface area contributed by atoms with Gasteiger partial charge >= 0.3 is 0 Å². The minimum absolute atomic E-state index is 0.238. The molecule has 0 aromatic carbocycles. The Labute approximate surface area is 114 Å². The van der Waals surface area contributed by atoms with E-state index >= 15 is 0 Å². The zero-order chi connectivity index (χ0) is 13.0. The lowest BCUT2D eigenvalue weighted by Crippen LogP contribution is -2.13. The molecule has 1 unspecified atom stereocenters. The third kappa shape index (κ3) is 2.85. The molecule has 1 atom stereocenters. The van der Waals surface area contributed by atoms with Crippen LogP contribution in [0, 0.1) is 0 Å². The van der Waals surface area contributed by atoms with Crippen LogP contribution >= 0.6 is 15.9 Å². The molecule has 5 heteroatoms. The molecule has 0 radical (unpaired) electrons. The van der Waals surface area contributed by atoms with E-state index < -0.39 is 0 Å². The number of halogens is 1. The van der Waals surface area contributed by atoms with Gasteiger partial charge in [0.05, 0.1) is 11.6 Å². The number of aldehydes is 1. The van der Waals surface area contributed by atoms with Crippen LogP contribution < -0.4 is 0 Å². The maximum atomic E-state index is 11.2. The minimum atomic E-state index is -0.238. The number of aromatic nitrogens is 3. The van der Waals surface area contributed by atoms with Gasteiger partial charge in [-0.2, -0.15) is 0 Å². The summed E-state index contributed by atoms with van der Waals surface area (Å²) in [5, 5.41) is 0. The van der Waals surface area contributed by atoms with Crippen molar-refractivity contribution < 1.29 is 4.79 Å². The number of pyridine rings is 1. The highest BCUT2D eigenvalue weighted by atomic mass is 79.9. The topological polar surface area (TPSA) is 47.8 Å². The van der Waals surface area contributed by atoms with Crippen molar-refractivity contribution in [3.05, 3.63) is 46.7 Å². The second-order valence-corrected chi connectivity index (χ2v) is 4.91. The molecule has 0 aliphatic heterocycles. The molecule has 0 N–H and O–H groups in total. The van der Waals surface area contributed by atoms with Gasteiger partial charge in [-0.1, -0.05) is 6.92 Å². The van der Waals surface area contributed by atoms with Crippen molar-refractivity contribution in [3.63, 3.8) is 0 Å². The summed E-state index contributed by atoms with van der Waals surface area (Å²) < 4.78 is 2.91. The van der Waals surface area contributed by atoms with Crippen LogP contribution in [0.25, 0.3) is 0 Å². The first-order chi connectivity index (χ1) is 8.74. The van der Waals surface area contributed by atoms with Gasteiger partial charge in [0, 0.05) is 36.0 Å². The van der Waals surface area contributed by atoms with Crippen LogP contribution in [0.15, 0.2) is 35.2 Å². The molecular formula is C13H14BrN3O. The summed E-state index contributed by atoms with van der Waals surface area (Å²) in [6.45, 7) is 2.63. The first kappa shape index (κ1) is 13.0. The summed E-state index contributed by atoms with van der Waals surface area (Å²) in [6, 6.07) is 3.76. The molecule has 0 bridgehead atoms. The molecule has 18 heavy (non-hydrogen) atoms. The van der Waals surface area contributed by atoms with Gasteiger partial charge in [-0.3, -0.25) is 4.98 Å². The molecule has 0 aliphatic rings. The summed E-state index contributed by atoms with van der Waals surface area (Å²) in [5.41, 5.74) is 0.781. The quantitative estimate of drug-likeness (QED) is 0.798. The van der Waals surface area contributed by atoms with Gasteiger partial charge in [0.15, 0.2) is 0 Å². The van der Waals surface area contributed by atoms with Crippen LogP contribution in [0.4, 0.5) is 0 Å². The molecular weight excluding hydrogens is 294 g/mol. The maximum Gasteiger partial charge on any atom is 0.130 e. The lowest BCUT2D eigenvalue weighted by molar-refractivity contribution is -0.109. The Morgan fingerprint density at radius 3 is 2.89 bits per heavy atom. The monoisotopic (exact) mass is 307 g/mol. The average Bonchev–Trinajstić information content (AvgIpc) is 2.84. The van der Waals surface area contributed by atoms with Crippen molar-refractivity contribution >= 4 is 22.2 Å². The molecule has 0 amide bonds. The summed E-state index contributed by atoms with van der Waals surface area (Å²) in [4.78, 5) is 19.8. The zero-order valence-electron chi connectivity index (χ0n) is 10.1.